The van der Waals surface area contributed by atoms with Crippen molar-refractivity contribution in [1.82, 2.24) is 14.8 Å². The summed E-state index contributed by atoms with van der Waals surface area (Å²) < 4.78 is 12.2. The van der Waals surface area contributed by atoms with Crippen LogP contribution in [0.5, 0.6) is 0 Å². The number of aryl methyl sites for hydroxylation is 1. The molecular weight excluding hydrogens is 290 g/mol. The Morgan fingerprint density at radius 2 is 2.35 bits per heavy atom. The van der Waals surface area contributed by atoms with Crippen molar-refractivity contribution in [3.05, 3.63) is 22.6 Å². The number of ether oxygens (including phenoxy) is 1. The summed E-state index contributed by atoms with van der Waals surface area (Å²) in [7, 11) is 1.68. The maximum atomic E-state index is 11.4. The Hall–Kier alpha value is -1.63. The molecule has 0 bridgehead atoms. The van der Waals surface area contributed by atoms with Gasteiger partial charge in [0.2, 0.25) is 0 Å². The fourth-order valence-corrected chi connectivity index (χ4v) is 1.62. The molecule has 0 aliphatic carbocycles. The van der Waals surface area contributed by atoms with Gasteiger partial charge in [0, 0.05) is 7.05 Å². The second kappa shape index (κ2) is 4.70. The van der Waals surface area contributed by atoms with Crippen LogP contribution in [0.2, 0.25) is 0 Å². The first-order valence-corrected chi connectivity index (χ1v) is 5.75. The Labute approximate surface area is 106 Å². The highest BCUT2D eigenvalue weighted by atomic mass is 79.9. The number of esters is 1. The minimum Gasteiger partial charge on any atom is -0.460 e. The SMILES string of the molecule is CCOC(=O)c1nc(-c2ccc(Br)o2)n(C)n1. The number of halogens is 1. The largest absolute Gasteiger partial charge is 0.460 e. The Morgan fingerprint density at radius 1 is 1.59 bits per heavy atom. The number of carbonyl (C=O) groups excluding carboxylic acids is 1. The molecule has 0 N–H and O–H groups in total. The van der Waals surface area contributed by atoms with Crippen molar-refractivity contribution >= 4 is 21.9 Å². The summed E-state index contributed by atoms with van der Waals surface area (Å²) in [5.74, 6) is 0.484. The highest BCUT2D eigenvalue weighted by Gasteiger charge is 2.18. The smallest absolute Gasteiger partial charge is 0.378 e. The molecule has 2 heterocycles. The van der Waals surface area contributed by atoms with E-state index in [9.17, 15) is 4.79 Å². The van der Waals surface area contributed by atoms with Crippen LogP contribution in [0.4, 0.5) is 0 Å². The summed E-state index contributed by atoms with van der Waals surface area (Å²) in [5, 5.41) is 3.97. The van der Waals surface area contributed by atoms with Gasteiger partial charge in [-0.2, -0.15) is 4.98 Å². The molecule has 0 atom stereocenters. The number of hydrogen-bond acceptors (Lipinski definition) is 5. The van der Waals surface area contributed by atoms with E-state index in [2.05, 4.69) is 26.0 Å². The summed E-state index contributed by atoms with van der Waals surface area (Å²) in [6.45, 7) is 2.02. The molecule has 2 aromatic heterocycles. The fraction of sp³-hybridized carbons (Fsp3) is 0.300. The van der Waals surface area contributed by atoms with Gasteiger partial charge in [-0.1, -0.05) is 0 Å². The highest BCUT2D eigenvalue weighted by molar-refractivity contribution is 9.10. The molecule has 0 radical (unpaired) electrons. The van der Waals surface area contributed by atoms with Crippen LogP contribution in [0.15, 0.2) is 21.2 Å². The predicted octanol–water partition coefficient (Wildman–Crippen LogP) is 2.01. The van der Waals surface area contributed by atoms with Gasteiger partial charge in [-0.25, -0.2) is 9.48 Å². The van der Waals surface area contributed by atoms with Gasteiger partial charge < -0.3 is 9.15 Å². The number of furan rings is 1. The van der Waals surface area contributed by atoms with Gasteiger partial charge in [0.05, 0.1) is 6.61 Å². The monoisotopic (exact) mass is 299 g/mol. The standard InChI is InChI=1S/C10H10BrN3O3/c1-3-16-10(15)8-12-9(14(2)13-8)6-4-5-7(11)17-6/h4-5H,3H2,1-2H3. The normalized spacial score (nSPS) is 10.5. The van der Waals surface area contributed by atoms with Crippen LogP contribution in [-0.4, -0.2) is 27.3 Å². The summed E-state index contributed by atoms with van der Waals surface area (Å²) in [5.41, 5.74) is 0. The zero-order valence-corrected chi connectivity index (χ0v) is 10.9. The Bertz CT molecular complexity index is 547. The molecule has 0 spiro atoms. The van der Waals surface area contributed by atoms with E-state index in [0.717, 1.165) is 0 Å². The van der Waals surface area contributed by atoms with Crippen molar-refractivity contribution in [2.75, 3.05) is 6.61 Å². The van der Waals surface area contributed by atoms with E-state index in [1.807, 2.05) is 0 Å². The van der Waals surface area contributed by atoms with Crippen LogP contribution < -0.4 is 0 Å². The quantitative estimate of drug-likeness (QED) is 0.811. The van der Waals surface area contributed by atoms with Gasteiger partial charge in [-0.05, 0) is 35.0 Å². The van der Waals surface area contributed by atoms with E-state index < -0.39 is 5.97 Å². The van der Waals surface area contributed by atoms with E-state index in [4.69, 9.17) is 9.15 Å². The average molecular weight is 300 g/mol. The third kappa shape index (κ3) is 2.38. The molecule has 0 amide bonds. The molecule has 0 saturated heterocycles. The third-order valence-corrected chi connectivity index (χ3v) is 2.44. The van der Waals surface area contributed by atoms with Crippen molar-refractivity contribution in [2.24, 2.45) is 7.05 Å². The molecule has 17 heavy (non-hydrogen) atoms. The molecule has 0 unspecified atom stereocenters. The summed E-state index contributed by atoms with van der Waals surface area (Å²) in [6.07, 6.45) is 0. The van der Waals surface area contributed by atoms with Gasteiger partial charge in [0.1, 0.15) is 0 Å². The highest BCUT2D eigenvalue weighted by Crippen LogP contribution is 2.23. The second-order valence-electron chi connectivity index (χ2n) is 3.21. The lowest BCUT2D eigenvalue weighted by Crippen LogP contribution is -2.07. The van der Waals surface area contributed by atoms with Gasteiger partial charge >= 0.3 is 5.97 Å². The van der Waals surface area contributed by atoms with Gasteiger partial charge in [-0.3, -0.25) is 0 Å². The van der Waals surface area contributed by atoms with Crippen molar-refractivity contribution in [3.8, 4) is 11.6 Å². The van der Waals surface area contributed by atoms with E-state index in [1.165, 1.54) is 4.68 Å². The van der Waals surface area contributed by atoms with Crippen LogP contribution in [-0.2, 0) is 11.8 Å². The lowest BCUT2D eigenvalue weighted by atomic mass is 10.4. The molecule has 90 valence electrons. The Morgan fingerprint density at radius 3 is 2.94 bits per heavy atom. The van der Waals surface area contributed by atoms with E-state index >= 15 is 0 Å². The minimum absolute atomic E-state index is 0.0249. The van der Waals surface area contributed by atoms with Crippen LogP contribution in [0.3, 0.4) is 0 Å². The van der Waals surface area contributed by atoms with Crippen LogP contribution >= 0.6 is 15.9 Å². The summed E-state index contributed by atoms with van der Waals surface area (Å²) in [4.78, 5) is 15.5. The first-order valence-electron chi connectivity index (χ1n) is 4.95. The van der Waals surface area contributed by atoms with Crippen LogP contribution in [0, 0.1) is 0 Å². The predicted molar refractivity (Wildman–Crippen MR) is 62.4 cm³/mol. The Kier molecular flexibility index (Phi) is 3.28. The maximum absolute atomic E-state index is 11.4. The van der Waals surface area contributed by atoms with E-state index in [1.54, 1.807) is 26.1 Å². The number of nitrogens with zero attached hydrogens (tertiary/aromatic N) is 3. The first kappa shape index (κ1) is 11.8. The second-order valence-corrected chi connectivity index (χ2v) is 3.99. The minimum atomic E-state index is -0.542. The molecule has 2 rings (SSSR count). The Balaban J connectivity index is 2.34. The maximum Gasteiger partial charge on any atom is 0.378 e. The molecular formula is C10H10BrN3O3. The van der Waals surface area contributed by atoms with Crippen molar-refractivity contribution in [1.29, 1.82) is 0 Å². The van der Waals surface area contributed by atoms with Gasteiger partial charge in [0.15, 0.2) is 16.3 Å². The average Bonchev–Trinajstić information content (AvgIpc) is 2.85. The number of rotatable bonds is 3. The fourth-order valence-electron chi connectivity index (χ4n) is 1.32. The van der Waals surface area contributed by atoms with E-state index in [0.29, 0.717) is 22.9 Å². The number of hydrogen-bond donors (Lipinski definition) is 0. The molecule has 2 aromatic rings. The third-order valence-electron chi connectivity index (χ3n) is 2.01. The topological polar surface area (TPSA) is 70.2 Å². The molecule has 0 aromatic carbocycles. The molecule has 0 aliphatic rings. The van der Waals surface area contributed by atoms with Crippen molar-refractivity contribution in [3.63, 3.8) is 0 Å². The lowest BCUT2D eigenvalue weighted by molar-refractivity contribution is 0.0512. The zero-order chi connectivity index (χ0) is 12.4. The molecule has 0 fully saturated rings. The molecule has 0 saturated carbocycles. The van der Waals surface area contributed by atoms with Crippen LogP contribution in [0.25, 0.3) is 11.6 Å². The first-order chi connectivity index (χ1) is 8.11. The molecule has 6 nitrogen and oxygen atoms in total. The van der Waals surface area contributed by atoms with Crippen molar-refractivity contribution < 1.29 is 13.9 Å². The number of aromatic nitrogens is 3. The summed E-state index contributed by atoms with van der Waals surface area (Å²) >= 11 is 3.20. The van der Waals surface area contributed by atoms with Crippen LogP contribution in [0.1, 0.15) is 17.5 Å². The zero-order valence-electron chi connectivity index (χ0n) is 9.31. The molecule has 0 aliphatic heterocycles. The van der Waals surface area contributed by atoms with E-state index in [-0.39, 0.29) is 5.82 Å². The summed E-state index contributed by atoms with van der Waals surface area (Å²) in [6, 6.07) is 3.48. The van der Waals surface area contributed by atoms with Gasteiger partial charge in [-0.15, -0.1) is 5.10 Å². The lowest BCUT2D eigenvalue weighted by Gasteiger charge is -1.94. The molecule has 7 heteroatoms. The number of carbonyl (C=O) groups is 1. The van der Waals surface area contributed by atoms with Gasteiger partial charge in [0.25, 0.3) is 5.82 Å². The van der Waals surface area contributed by atoms with Crippen molar-refractivity contribution in [2.45, 2.75) is 6.92 Å².